The number of aromatic hydroxyl groups is 1. The molecule has 0 atom stereocenters. The summed E-state index contributed by atoms with van der Waals surface area (Å²) in [5, 5.41) is 14.9. The molecule has 2 rings (SSSR count). The zero-order valence-corrected chi connectivity index (χ0v) is 12.9. The van der Waals surface area contributed by atoms with Gasteiger partial charge in [-0.3, -0.25) is 9.59 Å². The summed E-state index contributed by atoms with van der Waals surface area (Å²) in [6.07, 6.45) is 0. The quantitative estimate of drug-likeness (QED) is 0.570. The summed E-state index contributed by atoms with van der Waals surface area (Å²) >= 11 is 0. The van der Waals surface area contributed by atoms with Crippen molar-refractivity contribution < 1.29 is 24.2 Å². The molecule has 3 N–H and O–H groups in total. The highest BCUT2D eigenvalue weighted by molar-refractivity contribution is 6.01. The molecule has 0 radical (unpaired) electrons. The Morgan fingerprint density at radius 2 is 1.75 bits per heavy atom. The predicted octanol–water partition coefficient (Wildman–Crippen LogP) is 1.55. The van der Waals surface area contributed by atoms with Crippen LogP contribution >= 0.6 is 0 Å². The van der Waals surface area contributed by atoms with E-state index in [1.54, 1.807) is 30.3 Å². The van der Waals surface area contributed by atoms with E-state index in [9.17, 15) is 19.5 Å². The topological polar surface area (TPSA) is 105 Å². The third-order valence-corrected chi connectivity index (χ3v) is 3.16. The molecule has 24 heavy (non-hydrogen) atoms. The van der Waals surface area contributed by atoms with Crippen molar-refractivity contribution in [3.63, 3.8) is 0 Å². The van der Waals surface area contributed by atoms with E-state index >= 15 is 0 Å². The van der Waals surface area contributed by atoms with Crippen molar-refractivity contribution in [2.45, 2.75) is 0 Å². The fourth-order valence-corrected chi connectivity index (χ4v) is 1.97. The zero-order valence-electron chi connectivity index (χ0n) is 12.9. The second kappa shape index (κ2) is 7.77. The van der Waals surface area contributed by atoms with Crippen LogP contribution in [0.5, 0.6) is 5.75 Å². The fraction of sp³-hybridized carbons (Fsp3) is 0.118. The Kier molecular flexibility index (Phi) is 5.51. The van der Waals surface area contributed by atoms with Gasteiger partial charge in [0.1, 0.15) is 5.56 Å². The second-order valence-corrected chi connectivity index (χ2v) is 4.79. The molecule has 7 nitrogen and oxygen atoms in total. The molecule has 0 heterocycles. The number of phenols is 1. The highest BCUT2D eigenvalue weighted by Gasteiger charge is 2.16. The van der Waals surface area contributed by atoms with Crippen molar-refractivity contribution in [1.29, 1.82) is 0 Å². The van der Waals surface area contributed by atoms with Crippen molar-refractivity contribution in [3.05, 3.63) is 59.7 Å². The molecule has 0 unspecified atom stereocenters. The first kappa shape index (κ1) is 17.0. The van der Waals surface area contributed by atoms with E-state index in [0.29, 0.717) is 5.56 Å². The Morgan fingerprint density at radius 3 is 2.42 bits per heavy atom. The van der Waals surface area contributed by atoms with E-state index in [1.165, 1.54) is 25.3 Å². The monoisotopic (exact) mass is 328 g/mol. The highest BCUT2D eigenvalue weighted by Crippen LogP contribution is 2.27. The number of ether oxygens (including phenoxy) is 1. The lowest BCUT2D eigenvalue weighted by atomic mass is 10.1. The van der Waals surface area contributed by atoms with Gasteiger partial charge in [0.25, 0.3) is 5.91 Å². The van der Waals surface area contributed by atoms with Crippen molar-refractivity contribution in [2.75, 3.05) is 19.0 Å². The van der Waals surface area contributed by atoms with Gasteiger partial charge in [-0.1, -0.05) is 24.3 Å². The molecule has 2 aromatic carbocycles. The summed E-state index contributed by atoms with van der Waals surface area (Å²) in [6, 6.07) is 12.7. The molecule has 0 aliphatic rings. The first-order valence-electron chi connectivity index (χ1n) is 7.06. The fourth-order valence-electron chi connectivity index (χ4n) is 1.97. The predicted molar refractivity (Wildman–Crippen MR) is 86.9 cm³/mol. The number of phenolic OH excluding ortho intramolecular Hbond substituents is 1. The van der Waals surface area contributed by atoms with Crippen LogP contribution < -0.4 is 10.6 Å². The van der Waals surface area contributed by atoms with Gasteiger partial charge in [0.15, 0.2) is 5.75 Å². The van der Waals surface area contributed by atoms with Gasteiger partial charge >= 0.3 is 5.97 Å². The lowest BCUT2D eigenvalue weighted by molar-refractivity contribution is -0.115. The molecule has 2 amide bonds. The second-order valence-electron chi connectivity index (χ2n) is 4.79. The number of carbonyl (C=O) groups is 3. The Labute approximate surface area is 138 Å². The van der Waals surface area contributed by atoms with Crippen molar-refractivity contribution in [3.8, 4) is 5.75 Å². The van der Waals surface area contributed by atoms with Gasteiger partial charge < -0.3 is 20.5 Å². The maximum absolute atomic E-state index is 11.9. The molecule has 0 saturated heterocycles. The first-order chi connectivity index (χ1) is 11.5. The summed E-state index contributed by atoms with van der Waals surface area (Å²) < 4.78 is 4.54. The van der Waals surface area contributed by atoms with Crippen LogP contribution in [0.1, 0.15) is 20.7 Å². The van der Waals surface area contributed by atoms with Crippen molar-refractivity contribution in [2.24, 2.45) is 0 Å². The molecule has 0 fully saturated rings. The Morgan fingerprint density at radius 1 is 1.04 bits per heavy atom. The first-order valence-corrected chi connectivity index (χ1v) is 7.06. The van der Waals surface area contributed by atoms with Crippen LogP contribution in [0.4, 0.5) is 5.69 Å². The van der Waals surface area contributed by atoms with Gasteiger partial charge in [-0.2, -0.15) is 0 Å². The highest BCUT2D eigenvalue weighted by atomic mass is 16.5. The molecule has 7 heteroatoms. The number of hydrogen-bond donors (Lipinski definition) is 3. The van der Waals surface area contributed by atoms with Crippen LogP contribution in [-0.4, -0.2) is 36.5 Å². The Balaban J connectivity index is 1.98. The maximum atomic E-state index is 11.9. The largest absolute Gasteiger partial charge is 0.505 e. The van der Waals surface area contributed by atoms with Gasteiger partial charge in [-0.25, -0.2) is 4.79 Å². The number of hydrogen-bond acceptors (Lipinski definition) is 5. The van der Waals surface area contributed by atoms with E-state index in [2.05, 4.69) is 15.4 Å². The van der Waals surface area contributed by atoms with Crippen LogP contribution in [0.3, 0.4) is 0 Å². The lowest BCUT2D eigenvalue weighted by Gasteiger charge is -2.10. The SMILES string of the molecule is COC(=O)c1cccc(NC(=O)CNC(=O)c2ccccc2)c1O. The standard InChI is InChI=1S/C17H16N2O5/c1-24-17(23)12-8-5-9-13(15(12)21)19-14(20)10-18-16(22)11-6-3-2-4-7-11/h2-9,21H,10H2,1H3,(H,18,22)(H,19,20). The van der Waals surface area contributed by atoms with Gasteiger partial charge in [0, 0.05) is 5.56 Å². The maximum Gasteiger partial charge on any atom is 0.341 e. The van der Waals surface area contributed by atoms with Crippen molar-refractivity contribution >= 4 is 23.5 Å². The minimum absolute atomic E-state index is 0.0526. The molecule has 0 aliphatic carbocycles. The van der Waals surface area contributed by atoms with Gasteiger partial charge in [-0.05, 0) is 24.3 Å². The molecule has 2 aromatic rings. The molecule has 0 aliphatic heterocycles. The molecule has 124 valence electrons. The summed E-state index contributed by atoms with van der Waals surface area (Å²) in [4.78, 5) is 35.2. The van der Waals surface area contributed by atoms with Crippen LogP contribution in [0.15, 0.2) is 48.5 Å². The normalized spacial score (nSPS) is 9.88. The summed E-state index contributed by atoms with van der Waals surface area (Å²) in [7, 11) is 1.19. The number of para-hydroxylation sites is 1. The molecule has 0 aromatic heterocycles. The third-order valence-electron chi connectivity index (χ3n) is 3.16. The van der Waals surface area contributed by atoms with E-state index in [1.807, 2.05) is 0 Å². The molecular formula is C17H16N2O5. The number of rotatable bonds is 5. The molecular weight excluding hydrogens is 312 g/mol. The number of esters is 1. The number of benzene rings is 2. The molecule has 0 bridgehead atoms. The van der Waals surface area contributed by atoms with Crippen LogP contribution in [0.25, 0.3) is 0 Å². The average molecular weight is 328 g/mol. The minimum Gasteiger partial charge on any atom is -0.505 e. The number of amides is 2. The average Bonchev–Trinajstić information content (AvgIpc) is 2.61. The molecule has 0 spiro atoms. The minimum atomic E-state index is -0.721. The van der Waals surface area contributed by atoms with E-state index in [4.69, 9.17) is 0 Å². The summed E-state index contributed by atoms with van der Waals surface area (Å²) in [5.74, 6) is -2.05. The van der Waals surface area contributed by atoms with E-state index in [0.717, 1.165) is 0 Å². The zero-order chi connectivity index (χ0) is 17.5. The van der Waals surface area contributed by atoms with Gasteiger partial charge in [0.05, 0.1) is 19.3 Å². The van der Waals surface area contributed by atoms with Crippen LogP contribution in [0.2, 0.25) is 0 Å². The lowest BCUT2D eigenvalue weighted by Crippen LogP contribution is -2.32. The van der Waals surface area contributed by atoms with Crippen LogP contribution in [0, 0.1) is 0 Å². The van der Waals surface area contributed by atoms with Gasteiger partial charge in [0.2, 0.25) is 5.91 Å². The Hall–Kier alpha value is -3.35. The third kappa shape index (κ3) is 4.10. The summed E-state index contributed by atoms with van der Waals surface area (Å²) in [6.45, 7) is -0.282. The van der Waals surface area contributed by atoms with E-state index < -0.39 is 23.5 Å². The summed E-state index contributed by atoms with van der Waals surface area (Å²) in [5.41, 5.74) is 0.418. The Bertz CT molecular complexity index is 759. The number of nitrogens with one attached hydrogen (secondary N) is 2. The molecule has 0 saturated carbocycles. The van der Waals surface area contributed by atoms with Gasteiger partial charge in [-0.15, -0.1) is 0 Å². The van der Waals surface area contributed by atoms with E-state index in [-0.39, 0.29) is 17.8 Å². The number of methoxy groups -OCH3 is 1. The smallest absolute Gasteiger partial charge is 0.341 e. The number of anilines is 1. The van der Waals surface area contributed by atoms with Crippen molar-refractivity contribution in [1.82, 2.24) is 5.32 Å². The number of carbonyl (C=O) groups excluding carboxylic acids is 3. The van der Waals surface area contributed by atoms with Crippen LogP contribution in [-0.2, 0) is 9.53 Å².